The van der Waals surface area contributed by atoms with Crippen LogP contribution >= 0.6 is 0 Å². The summed E-state index contributed by atoms with van der Waals surface area (Å²) < 4.78 is 14.0. The van der Waals surface area contributed by atoms with Crippen molar-refractivity contribution in [2.75, 3.05) is 0 Å². The number of rotatable bonds is 9. The molecule has 0 amide bonds. The SMILES string of the molecule is CC(C)(C)c1ccnc(-n2c3ccccc3c3c(C(C)(C)c4ccccc4)cc(Oc4cccc(-n5[c-][n+](-c6cccc(C(C)(C)c7ccccc7)c6)c(C(C)(C)C)c5C(C)(C)C)c4)cc32)c1. The molecule has 5 nitrogen and oxygen atoms in total. The molecule has 0 spiro atoms. The van der Waals surface area contributed by atoms with Crippen LogP contribution in [0, 0.1) is 6.33 Å². The Morgan fingerprint density at radius 2 is 1.12 bits per heavy atom. The van der Waals surface area contributed by atoms with Crippen molar-refractivity contribution in [3.8, 4) is 28.7 Å². The number of fused-ring (bicyclic) bond motifs is 3. The van der Waals surface area contributed by atoms with E-state index in [1.807, 2.05) is 6.20 Å². The van der Waals surface area contributed by atoms with E-state index in [-0.39, 0.29) is 27.1 Å². The zero-order valence-corrected chi connectivity index (χ0v) is 41.8. The Morgan fingerprint density at radius 3 is 1.78 bits per heavy atom. The van der Waals surface area contributed by atoms with Gasteiger partial charge in [-0.2, -0.15) is 0 Å². The zero-order chi connectivity index (χ0) is 47.7. The fraction of sp³-hybridized carbons (Fsp3) is 0.290. The molecule has 9 aromatic rings. The first-order valence-corrected chi connectivity index (χ1v) is 23.8. The van der Waals surface area contributed by atoms with Gasteiger partial charge in [-0.3, -0.25) is 13.7 Å². The van der Waals surface area contributed by atoms with Crippen LogP contribution < -0.4 is 9.30 Å². The summed E-state index contributed by atoms with van der Waals surface area (Å²) in [4.78, 5) is 5.02. The van der Waals surface area contributed by atoms with Crippen LogP contribution in [0.4, 0.5) is 0 Å². The second-order valence-electron chi connectivity index (χ2n) is 22.5. The molecule has 0 N–H and O–H groups in total. The highest BCUT2D eigenvalue weighted by molar-refractivity contribution is 6.11. The van der Waals surface area contributed by atoms with Crippen LogP contribution in [0.1, 0.15) is 129 Å². The van der Waals surface area contributed by atoms with E-state index in [4.69, 9.17) is 9.72 Å². The van der Waals surface area contributed by atoms with Crippen molar-refractivity contribution in [2.45, 2.75) is 117 Å². The van der Waals surface area contributed by atoms with Crippen LogP contribution in [0.2, 0.25) is 0 Å². The van der Waals surface area contributed by atoms with Crippen molar-refractivity contribution in [1.29, 1.82) is 0 Å². The van der Waals surface area contributed by atoms with Crippen LogP contribution in [0.5, 0.6) is 11.5 Å². The van der Waals surface area contributed by atoms with Crippen LogP contribution in [-0.2, 0) is 27.1 Å². The quantitative estimate of drug-likeness (QED) is 0.107. The van der Waals surface area contributed by atoms with Crippen molar-refractivity contribution in [2.24, 2.45) is 0 Å². The van der Waals surface area contributed by atoms with Gasteiger partial charge in [0, 0.05) is 33.9 Å². The summed E-state index contributed by atoms with van der Waals surface area (Å²) in [7, 11) is 0. The van der Waals surface area contributed by atoms with E-state index in [9.17, 15) is 0 Å². The van der Waals surface area contributed by atoms with Gasteiger partial charge < -0.3 is 4.74 Å². The van der Waals surface area contributed by atoms with E-state index >= 15 is 0 Å². The molecule has 0 aliphatic carbocycles. The Labute approximate surface area is 398 Å². The van der Waals surface area contributed by atoms with E-state index in [0.717, 1.165) is 39.7 Å². The third-order valence-electron chi connectivity index (χ3n) is 13.7. The topological polar surface area (TPSA) is 35.9 Å². The summed E-state index contributed by atoms with van der Waals surface area (Å²) in [5.41, 5.74) is 11.8. The fourth-order valence-corrected chi connectivity index (χ4v) is 9.93. The molecule has 0 atom stereocenters. The maximum atomic E-state index is 7.13. The lowest BCUT2D eigenvalue weighted by Crippen LogP contribution is -2.41. The molecule has 0 saturated carbocycles. The minimum Gasteiger partial charge on any atom is -0.458 e. The lowest BCUT2D eigenvalue weighted by Gasteiger charge is -2.30. The summed E-state index contributed by atoms with van der Waals surface area (Å²) >= 11 is 0. The molecule has 340 valence electrons. The lowest BCUT2D eigenvalue weighted by molar-refractivity contribution is -0.611. The molecule has 0 bridgehead atoms. The number of imidazole rings is 1. The van der Waals surface area contributed by atoms with Gasteiger partial charge in [0.15, 0.2) is 0 Å². The minimum absolute atomic E-state index is 0.0452. The minimum atomic E-state index is -0.372. The maximum absolute atomic E-state index is 7.13. The normalized spacial score (nSPS) is 12.9. The third-order valence-corrected chi connectivity index (χ3v) is 13.7. The van der Waals surface area contributed by atoms with Crippen LogP contribution in [0.25, 0.3) is 39.0 Å². The van der Waals surface area contributed by atoms with Gasteiger partial charge in [-0.1, -0.05) is 187 Å². The van der Waals surface area contributed by atoms with Gasteiger partial charge in [0.2, 0.25) is 0 Å². The number of ether oxygens (including phenoxy) is 1. The number of aromatic nitrogens is 4. The molecule has 6 aromatic carbocycles. The van der Waals surface area contributed by atoms with Crippen molar-refractivity contribution in [3.63, 3.8) is 0 Å². The number of benzene rings is 6. The Kier molecular flexibility index (Phi) is 11.2. The van der Waals surface area contributed by atoms with Crippen LogP contribution in [0.15, 0.2) is 164 Å². The summed E-state index contributed by atoms with van der Waals surface area (Å²) in [5, 5.41) is 2.38. The summed E-state index contributed by atoms with van der Waals surface area (Å²) in [6.45, 7) is 29.9. The maximum Gasteiger partial charge on any atom is 0.269 e. The number of hydrogen-bond donors (Lipinski definition) is 0. The summed E-state index contributed by atoms with van der Waals surface area (Å²) in [6, 6.07) is 56.6. The van der Waals surface area contributed by atoms with Gasteiger partial charge in [-0.25, -0.2) is 4.98 Å². The molecule has 0 aliphatic heterocycles. The van der Waals surface area contributed by atoms with Crippen LogP contribution in [0.3, 0.4) is 0 Å². The number of nitrogens with zero attached hydrogens (tertiary/aromatic N) is 4. The molecule has 3 aromatic heterocycles. The van der Waals surface area contributed by atoms with Gasteiger partial charge in [0.25, 0.3) is 6.33 Å². The largest absolute Gasteiger partial charge is 0.458 e. The van der Waals surface area contributed by atoms with Gasteiger partial charge in [0.1, 0.15) is 17.3 Å². The zero-order valence-electron chi connectivity index (χ0n) is 41.8. The molecule has 5 heteroatoms. The Balaban J connectivity index is 1.22. The standard InChI is InChI=1S/C62H66N4O/c1-58(2,3)44-34-35-63-54(37-44)66-52-33-21-20-32-50(52)55-51(62(12,13)43-26-18-15-19-27-43)39-49(40-53(55)66)67-48-31-23-30-47(38-48)65-41-64(56(59(4,5)6)57(65)60(7,8)9)46-29-22-28-45(36-46)61(10,11)42-24-16-14-17-25-42/h14-40H,1-13H3. The molecular weight excluding hydrogens is 817 g/mol. The first-order valence-electron chi connectivity index (χ1n) is 23.8. The Bertz CT molecular complexity index is 3250. The third kappa shape index (κ3) is 8.39. The molecule has 0 unspecified atom stereocenters. The average molecular weight is 883 g/mol. The van der Waals surface area contributed by atoms with Crippen molar-refractivity contribution in [3.05, 3.63) is 209 Å². The smallest absolute Gasteiger partial charge is 0.269 e. The second kappa shape index (κ2) is 16.6. The Hall–Kier alpha value is -6.72. The second-order valence-corrected chi connectivity index (χ2v) is 22.5. The molecule has 9 rings (SSSR count). The molecule has 0 radical (unpaired) electrons. The fourth-order valence-electron chi connectivity index (χ4n) is 9.93. The summed E-state index contributed by atoms with van der Waals surface area (Å²) in [5.74, 6) is 2.39. The van der Waals surface area contributed by atoms with Crippen LogP contribution in [-0.4, -0.2) is 14.1 Å². The molecule has 0 saturated heterocycles. The highest BCUT2D eigenvalue weighted by Crippen LogP contribution is 2.45. The van der Waals surface area contributed by atoms with Gasteiger partial charge >= 0.3 is 0 Å². The summed E-state index contributed by atoms with van der Waals surface area (Å²) in [6.07, 6.45) is 5.84. The number of hydrogen-bond acceptors (Lipinski definition) is 2. The Morgan fingerprint density at radius 1 is 0.493 bits per heavy atom. The van der Waals surface area contributed by atoms with Crippen molar-refractivity contribution >= 4 is 21.8 Å². The number of pyridine rings is 1. The van der Waals surface area contributed by atoms with Crippen molar-refractivity contribution in [1.82, 2.24) is 14.1 Å². The van der Waals surface area contributed by atoms with Gasteiger partial charge in [0.05, 0.1) is 33.8 Å². The highest BCUT2D eigenvalue weighted by Gasteiger charge is 2.35. The first-order chi connectivity index (χ1) is 31.6. The lowest BCUT2D eigenvalue weighted by atomic mass is 9.76. The van der Waals surface area contributed by atoms with E-state index < -0.39 is 0 Å². The monoisotopic (exact) mass is 883 g/mol. The number of para-hydroxylation sites is 1. The molecule has 67 heavy (non-hydrogen) atoms. The van der Waals surface area contributed by atoms with E-state index in [2.05, 4.69) is 268 Å². The van der Waals surface area contributed by atoms with Gasteiger partial charge in [-0.05, 0) is 98.7 Å². The molecule has 3 heterocycles. The average Bonchev–Trinajstić information content (AvgIpc) is 3.88. The van der Waals surface area contributed by atoms with Gasteiger partial charge in [-0.15, -0.1) is 0 Å². The predicted molar refractivity (Wildman–Crippen MR) is 278 cm³/mol. The van der Waals surface area contributed by atoms with E-state index in [1.54, 1.807) is 0 Å². The molecule has 0 fully saturated rings. The highest BCUT2D eigenvalue weighted by atomic mass is 16.5. The van der Waals surface area contributed by atoms with E-state index in [0.29, 0.717) is 0 Å². The molecular formula is C62H66N4O. The first kappa shape index (κ1) is 45.4. The van der Waals surface area contributed by atoms with Crippen molar-refractivity contribution < 1.29 is 9.30 Å². The molecule has 0 aliphatic rings. The van der Waals surface area contributed by atoms with E-state index in [1.165, 1.54) is 50.0 Å². The predicted octanol–water partition coefficient (Wildman–Crippen LogP) is 15.4.